The number of ether oxygens (including phenoxy) is 2. The fourth-order valence-electron chi connectivity index (χ4n) is 2.67. The van der Waals surface area contributed by atoms with Crippen LogP contribution in [0.15, 0.2) is 36.4 Å². The molecule has 0 aliphatic carbocycles. The maximum Gasteiger partial charge on any atom is 0.274 e. The molecule has 5 nitrogen and oxygen atoms in total. The van der Waals surface area contributed by atoms with Crippen LogP contribution in [0.2, 0.25) is 0 Å². The van der Waals surface area contributed by atoms with Gasteiger partial charge in [0.05, 0.1) is 11.8 Å². The maximum atomic E-state index is 12.4. The molecule has 1 aliphatic rings. The van der Waals surface area contributed by atoms with Crippen molar-refractivity contribution in [1.82, 2.24) is 4.98 Å². The lowest BCUT2D eigenvalue weighted by Gasteiger charge is -2.16. The standard InChI is InChI=1S/C19H22N2O3/c1-13-8-9-16(18(11-13)24-12-15-6-4-10-23-15)21-19(22)17-7-3-5-14(2)20-17/h3,5,7-9,11,15H,4,6,10,12H2,1-2H3,(H,21,22). The molecule has 2 aromatic rings. The highest BCUT2D eigenvalue weighted by molar-refractivity contribution is 6.03. The molecule has 1 N–H and O–H groups in total. The van der Waals surface area contributed by atoms with Gasteiger partial charge in [0.1, 0.15) is 18.1 Å². The summed E-state index contributed by atoms with van der Waals surface area (Å²) in [5.41, 5.74) is 2.91. The molecule has 1 aliphatic heterocycles. The molecule has 0 bridgehead atoms. The molecule has 5 heteroatoms. The second-order valence-electron chi connectivity index (χ2n) is 6.06. The lowest BCUT2D eigenvalue weighted by molar-refractivity contribution is 0.0681. The number of carbonyl (C=O) groups is 1. The third-order valence-electron chi connectivity index (χ3n) is 3.95. The fraction of sp³-hybridized carbons (Fsp3) is 0.368. The Morgan fingerprint density at radius 3 is 2.96 bits per heavy atom. The summed E-state index contributed by atoms with van der Waals surface area (Å²) < 4.78 is 11.5. The van der Waals surface area contributed by atoms with Crippen molar-refractivity contribution in [2.75, 3.05) is 18.5 Å². The monoisotopic (exact) mass is 326 g/mol. The number of carbonyl (C=O) groups excluding carboxylic acids is 1. The van der Waals surface area contributed by atoms with Crippen LogP contribution in [-0.4, -0.2) is 30.2 Å². The van der Waals surface area contributed by atoms with Crippen molar-refractivity contribution in [3.8, 4) is 5.75 Å². The summed E-state index contributed by atoms with van der Waals surface area (Å²) >= 11 is 0. The Labute approximate surface area is 142 Å². The number of nitrogens with zero attached hydrogens (tertiary/aromatic N) is 1. The molecule has 1 saturated heterocycles. The van der Waals surface area contributed by atoms with Gasteiger partial charge in [-0.1, -0.05) is 12.1 Å². The zero-order valence-corrected chi connectivity index (χ0v) is 14.0. The molecule has 126 valence electrons. The van der Waals surface area contributed by atoms with Gasteiger partial charge in [0.2, 0.25) is 0 Å². The van der Waals surface area contributed by atoms with Gasteiger partial charge in [0.15, 0.2) is 0 Å². The Bertz CT molecular complexity index is 724. The number of benzene rings is 1. The number of rotatable bonds is 5. The molecule has 1 aromatic heterocycles. The third-order valence-corrected chi connectivity index (χ3v) is 3.95. The number of nitrogens with one attached hydrogen (secondary N) is 1. The van der Waals surface area contributed by atoms with Crippen molar-refractivity contribution >= 4 is 11.6 Å². The van der Waals surface area contributed by atoms with Crippen LogP contribution in [0.5, 0.6) is 5.75 Å². The van der Waals surface area contributed by atoms with Gasteiger partial charge in [0, 0.05) is 12.3 Å². The van der Waals surface area contributed by atoms with Crippen molar-refractivity contribution in [1.29, 1.82) is 0 Å². The molecule has 0 spiro atoms. The van der Waals surface area contributed by atoms with E-state index in [2.05, 4.69) is 10.3 Å². The first-order chi connectivity index (χ1) is 11.6. The molecular weight excluding hydrogens is 304 g/mol. The summed E-state index contributed by atoms with van der Waals surface area (Å²) in [5, 5.41) is 2.89. The van der Waals surface area contributed by atoms with E-state index in [4.69, 9.17) is 9.47 Å². The minimum Gasteiger partial charge on any atom is -0.489 e. The van der Waals surface area contributed by atoms with E-state index < -0.39 is 0 Å². The van der Waals surface area contributed by atoms with Gasteiger partial charge in [-0.25, -0.2) is 4.98 Å². The second-order valence-corrected chi connectivity index (χ2v) is 6.06. The minimum atomic E-state index is -0.246. The molecule has 1 unspecified atom stereocenters. The lowest BCUT2D eigenvalue weighted by atomic mass is 10.2. The number of pyridine rings is 1. The summed E-state index contributed by atoms with van der Waals surface area (Å²) in [6, 6.07) is 11.1. The smallest absolute Gasteiger partial charge is 0.274 e. The van der Waals surface area contributed by atoms with Gasteiger partial charge in [-0.05, 0) is 56.5 Å². The molecule has 1 amide bonds. The van der Waals surface area contributed by atoms with Crippen LogP contribution >= 0.6 is 0 Å². The van der Waals surface area contributed by atoms with Crippen molar-refractivity contribution in [2.24, 2.45) is 0 Å². The van der Waals surface area contributed by atoms with E-state index in [1.807, 2.05) is 44.2 Å². The molecule has 0 saturated carbocycles. The first-order valence-electron chi connectivity index (χ1n) is 8.22. The third kappa shape index (κ3) is 4.11. The fourth-order valence-corrected chi connectivity index (χ4v) is 2.67. The summed E-state index contributed by atoms with van der Waals surface area (Å²) in [6.45, 7) is 5.14. The highest BCUT2D eigenvalue weighted by atomic mass is 16.5. The molecule has 1 atom stereocenters. The topological polar surface area (TPSA) is 60.5 Å². The Kier molecular flexibility index (Phi) is 5.11. The molecule has 1 fully saturated rings. The molecule has 24 heavy (non-hydrogen) atoms. The predicted molar refractivity (Wildman–Crippen MR) is 92.6 cm³/mol. The summed E-state index contributed by atoms with van der Waals surface area (Å²) in [4.78, 5) is 16.7. The molecule has 2 heterocycles. The van der Waals surface area contributed by atoms with Gasteiger partial charge in [-0.15, -0.1) is 0 Å². The second kappa shape index (κ2) is 7.45. The largest absolute Gasteiger partial charge is 0.489 e. The van der Waals surface area contributed by atoms with Crippen molar-refractivity contribution < 1.29 is 14.3 Å². The van der Waals surface area contributed by atoms with Crippen LogP contribution in [0.1, 0.15) is 34.6 Å². The predicted octanol–water partition coefficient (Wildman–Crippen LogP) is 3.51. The first-order valence-corrected chi connectivity index (χ1v) is 8.22. The average molecular weight is 326 g/mol. The number of aromatic nitrogens is 1. The van der Waals surface area contributed by atoms with Crippen molar-refractivity contribution in [3.63, 3.8) is 0 Å². The van der Waals surface area contributed by atoms with E-state index in [1.165, 1.54) is 0 Å². The SMILES string of the molecule is Cc1ccc(NC(=O)c2cccc(C)n2)c(OCC2CCCO2)c1. The highest BCUT2D eigenvalue weighted by Gasteiger charge is 2.18. The van der Waals surface area contributed by atoms with Gasteiger partial charge in [-0.3, -0.25) is 4.79 Å². The average Bonchev–Trinajstić information content (AvgIpc) is 3.08. The molecule has 0 radical (unpaired) electrons. The van der Waals surface area contributed by atoms with Crippen LogP contribution in [0.25, 0.3) is 0 Å². The van der Waals surface area contributed by atoms with Crippen molar-refractivity contribution in [3.05, 3.63) is 53.3 Å². The number of aryl methyl sites for hydroxylation is 2. The van der Waals surface area contributed by atoms with Crippen LogP contribution in [0.3, 0.4) is 0 Å². The van der Waals surface area contributed by atoms with Gasteiger partial charge < -0.3 is 14.8 Å². The van der Waals surface area contributed by atoms with E-state index >= 15 is 0 Å². The van der Waals surface area contributed by atoms with E-state index in [0.717, 1.165) is 30.7 Å². The number of hydrogen-bond donors (Lipinski definition) is 1. The van der Waals surface area contributed by atoms with E-state index in [9.17, 15) is 4.79 Å². The van der Waals surface area contributed by atoms with E-state index in [-0.39, 0.29) is 12.0 Å². The van der Waals surface area contributed by atoms with Crippen LogP contribution < -0.4 is 10.1 Å². The maximum absolute atomic E-state index is 12.4. The lowest BCUT2D eigenvalue weighted by Crippen LogP contribution is -2.18. The summed E-state index contributed by atoms with van der Waals surface area (Å²) in [6.07, 6.45) is 2.22. The van der Waals surface area contributed by atoms with Gasteiger partial charge in [0.25, 0.3) is 5.91 Å². The first kappa shape index (κ1) is 16.5. The molecular formula is C19H22N2O3. The van der Waals surface area contributed by atoms with Crippen molar-refractivity contribution in [2.45, 2.75) is 32.8 Å². The quantitative estimate of drug-likeness (QED) is 0.913. The number of anilines is 1. The van der Waals surface area contributed by atoms with Crippen LogP contribution in [0.4, 0.5) is 5.69 Å². The Hall–Kier alpha value is -2.40. The Morgan fingerprint density at radius 1 is 1.33 bits per heavy atom. The number of amides is 1. The summed E-state index contributed by atoms with van der Waals surface area (Å²) in [7, 11) is 0. The number of hydrogen-bond acceptors (Lipinski definition) is 4. The highest BCUT2D eigenvalue weighted by Crippen LogP contribution is 2.27. The van der Waals surface area contributed by atoms with E-state index in [0.29, 0.717) is 23.7 Å². The molecule has 3 rings (SSSR count). The van der Waals surface area contributed by atoms with Crippen LogP contribution in [0, 0.1) is 13.8 Å². The van der Waals surface area contributed by atoms with Gasteiger partial charge >= 0.3 is 0 Å². The zero-order valence-electron chi connectivity index (χ0n) is 14.0. The Balaban J connectivity index is 1.73. The van der Waals surface area contributed by atoms with E-state index in [1.54, 1.807) is 6.07 Å². The minimum absolute atomic E-state index is 0.132. The Morgan fingerprint density at radius 2 is 2.21 bits per heavy atom. The van der Waals surface area contributed by atoms with Gasteiger partial charge in [-0.2, -0.15) is 0 Å². The normalized spacial score (nSPS) is 16.8. The molecule has 1 aromatic carbocycles. The summed E-state index contributed by atoms with van der Waals surface area (Å²) in [5.74, 6) is 0.413. The zero-order chi connectivity index (χ0) is 16.9. The van der Waals surface area contributed by atoms with Crippen LogP contribution in [-0.2, 0) is 4.74 Å².